The number of hydrogen-bond acceptors (Lipinski definition) is 4. The van der Waals surface area contributed by atoms with Crippen LogP contribution in [0, 0.1) is 0 Å². The van der Waals surface area contributed by atoms with Gasteiger partial charge in [0.05, 0.1) is 16.5 Å². The minimum atomic E-state index is -2.86. The molecule has 3 rings (SSSR count). The van der Waals surface area contributed by atoms with Gasteiger partial charge in [-0.1, -0.05) is 24.3 Å². The van der Waals surface area contributed by atoms with Crippen molar-refractivity contribution in [2.75, 3.05) is 12.3 Å². The molecule has 0 radical (unpaired) electrons. The van der Waals surface area contributed by atoms with E-state index >= 15 is 0 Å². The smallest absolute Gasteiger partial charge is 0.154 e. The number of benzene rings is 1. The largest absolute Gasteiger partial charge is 0.311 e. The van der Waals surface area contributed by atoms with Gasteiger partial charge in [0, 0.05) is 24.7 Å². The molecule has 1 N–H and O–H groups in total. The van der Waals surface area contributed by atoms with Gasteiger partial charge in [-0.3, -0.25) is 4.98 Å². The van der Waals surface area contributed by atoms with E-state index in [1.54, 1.807) is 6.20 Å². The van der Waals surface area contributed by atoms with Crippen LogP contribution in [-0.2, 0) is 16.4 Å². The third-order valence-corrected chi connectivity index (χ3v) is 6.14. The van der Waals surface area contributed by atoms with E-state index in [0.717, 1.165) is 29.3 Å². The van der Waals surface area contributed by atoms with E-state index in [1.165, 1.54) is 0 Å². The van der Waals surface area contributed by atoms with Crippen LogP contribution in [-0.4, -0.2) is 30.9 Å². The van der Waals surface area contributed by atoms with Crippen molar-refractivity contribution in [3.05, 3.63) is 42.1 Å². The number of para-hydroxylation sites is 1. The SMILES string of the molecule is O=S1(=O)CCCC1CNCc1cccc2cccnc12. The molecule has 1 saturated heterocycles. The third-order valence-electron chi connectivity index (χ3n) is 3.87. The Kier molecular flexibility index (Phi) is 3.72. The zero-order valence-corrected chi connectivity index (χ0v) is 12.1. The van der Waals surface area contributed by atoms with Gasteiger partial charge in [-0.15, -0.1) is 0 Å². The van der Waals surface area contributed by atoms with E-state index < -0.39 is 9.84 Å². The van der Waals surface area contributed by atoms with E-state index in [-0.39, 0.29) is 5.25 Å². The molecule has 0 bridgehead atoms. The molecule has 20 heavy (non-hydrogen) atoms. The van der Waals surface area contributed by atoms with Gasteiger partial charge in [0.2, 0.25) is 0 Å². The molecule has 0 amide bonds. The molecule has 1 fully saturated rings. The fourth-order valence-electron chi connectivity index (χ4n) is 2.77. The standard InChI is InChI=1S/C15H18N2O2S/c18-20(19)9-3-7-14(20)11-16-10-13-5-1-4-12-6-2-8-17-15(12)13/h1-2,4-6,8,14,16H,3,7,9-11H2. The zero-order chi connectivity index (χ0) is 14.0. The van der Waals surface area contributed by atoms with E-state index in [1.807, 2.05) is 30.3 Å². The molecule has 4 nitrogen and oxygen atoms in total. The molecule has 1 aromatic heterocycles. The van der Waals surface area contributed by atoms with E-state index in [4.69, 9.17) is 0 Å². The zero-order valence-electron chi connectivity index (χ0n) is 11.2. The molecule has 1 unspecified atom stereocenters. The van der Waals surface area contributed by atoms with Crippen LogP contribution in [0.1, 0.15) is 18.4 Å². The summed E-state index contributed by atoms with van der Waals surface area (Å²) in [5.41, 5.74) is 2.09. The maximum Gasteiger partial charge on any atom is 0.154 e. The summed E-state index contributed by atoms with van der Waals surface area (Å²) < 4.78 is 23.5. The van der Waals surface area contributed by atoms with E-state index in [0.29, 0.717) is 18.8 Å². The number of rotatable bonds is 4. The number of sulfone groups is 1. The van der Waals surface area contributed by atoms with Crippen molar-refractivity contribution in [3.63, 3.8) is 0 Å². The highest BCUT2D eigenvalue weighted by atomic mass is 32.2. The Morgan fingerprint density at radius 2 is 2.10 bits per heavy atom. The van der Waals surface area contributed by atoms with Gasteiger partial charge in [-0.25, -0.2) is 8.42 Å². The maximum atomic E-state index is 11.8. The summed E-state index contributed by atoms with van der Waals surface area (Å²) in [5, 5.41) is 4.17. The van der Waals surface area contributed by atoms with Crippen LogP contribution in [0.25, 0.3) is 10.9 Å². The minimum Gasteiger partial charge on any atom is -0.311 e. The van der Waals surface area contributed by atoms with Crippen molar-refractivity contribution in [1.29, 1.82) is 0 Å². The molecule has 1 atom stereocenters. The molecule has 1 aliphatic rings. The maximum absolute atomic E-state index is 11.8. The number of fused-ring (bicyclic) bond motifs is 1. The van der Waals surface area contributed by atoms with Crippen molar-refractivity contribution in [2.24, 2.45) is 0 Å². The Bertz CT molecular complexity index is 707. The first kappa shape index (κ1) is 13.5. The Balaban J connectivity index is 1.69. The summed E-state index contributed by atoms with van der Waals surface area (Å²) in [6.07, 6.45) is 3.36. The predicted molar refractivity (Wildman–Crippen MR) is 80.3 cm³/mol. The van der Waals surface area contributed by atoms with Crippen molar-refractivity contribution in [3.8, 4) is 0 Å². The van der Waals surface area contributed by atoms with Crippen molar-refractivity contribution in [2.45, 2.75) is 24.6 Å². The Morgan fingerprint density at radius 1 is 1.25 bits per heavy atom. The predicted octanol–water partition coefficient (Wildman–Crippen LogP) is 1.90. The first-order valence-corrected chi connectivity index (χ1v) is 8.63. The van der Waals surface area contributed by atoms with Crippen LogP contribution in [0.4, 0.5) is 0 Å². The average molecular weight is 290 g/mol. The van der Waals surface area contributed by atoms with Gasteiger partial charge >= 0.3 is 0 Å². The molecule has 1 aromatic carbocycles. The second kappa shape index (κ2) is 5.50. The van der Waals surface area contributed by atoms with Crippen LogP contribution in [0.3, 0.4) is 0 Å². The van der Waals surface area contributed by atoms with E-state index in [2.05, 4.69) is 10.3 Å². The van der Waals surface area contributed by atoms with Gasteiger partial charge in [0.15, 0.2) is 9.84 Å². The van der Waals surface area contributed by atoms with Gasteiger partial charge in [0.1, 0.15) is 0 Å². The summed E-state index contributed by atoms with van der Waals surface area (Å²) >= 11 is 0. The van der Waals surface area contributed by atoms with Crippen molar-refractivity contribution in [1.82, 2.24) is 10.3 Å². The topological polar surface area (TPSA) is 59.1 Å². The Morgan fingerprint density at radius 3 is 2.90 bits per heavy atom. The lowest BCUT2D eigenvalue weighted by Crippen LogP contribution is -2.30. The van der Waals surface area contributed by atoms with E-state index in [9.17, 15) is 8.42 Å². The lowest BCUT2D eigenvalue weighted by molar-refractivity contribution is 0.574. The normalized spacial score (nSPS) is 21.3. The average Bonchev–Trinajstić information content (AvgIpc) is 2.78. The molecule has 2 heterocycles. The van der Waals surface area contributed by atoms with Gasteiger partial charge in [-0.05, 0) is 24.5 Å². The van der Waals surface area contributed by atoms with Crippen LogP contribution < -0.4 is 5.32 Å². The summed E-state index contributed by atoms with van der Waals surface area (Å²) in [7, 11) is -2.86. The van der Waals surface area contributed by atoms with Crippen LogP contribution in [0.5, 0.6) is 0 Å². The molecular weight excluding hydrogens is 272 g/mol. The van der Waals surface area contributed by atoms with Crippen LogP contribution >= 0.6 is 0 Å². The van der Waals surface area contributed by atoms with Gasteiger partial charge in [-0.2, -0.15) is 0 Å². The molecule has 1 aliphatic heterocycles. The van der Waals surface area contributed by atoms with Gasteiger partial charge in [0.25, 0.3) is 0 Å². The molecule has 106 valence electrons. The summed E-state index contributed by atoms with van der Waals surface area (Å²) in [6, 6.07) is 10.0. The summed E-state index contributed by atoms with van der Waals surface area (Å²) in [5.74, 6) is 0.342. The van der Waals surface area contributed by atoms with Crippen molar-refractivity contribution >= 4 is 20.7 Å². The first-order chi connectivity index (χ1) is 9.67. The Hall–Kier alpha value is -1.46. The lowest BCUT2D eigenvalue weighted by Gasteiger charge is -2.11. The second-order valence-corrected chi connectivity index (χ2v) is 7.66. The highest BCUT2D eigenvalue weighted by Gasteiger charge is 2.30. The molecular formula is C15H18N2O2S. The van der Waals surface area contributed by atoms with Crippen LogP contribution in [0.15, 0.2) is 36.5 Å². The quantitative estimate of drug-likeness (QED) is 0.934. The molecule has 0 spiro atoms. The van der Waals surface area contributed by atoms with Crippen LogP contribution in [0.2, 0.25) is 0 Å². The molecule has 2 aromatic rings. The first-order valence-electron chi connectivity index (χ1n) is 6.92. The number of aromatic nitrogens is 1. The molecule has 5 heteroatoms. The number of nitrogens with zero attached hydrogens (tertiary/aromatic N) is 1. The molecule has 0 aliphatic carbocycles. The molecule has 0 saturated carbocycles. The van der Waals surface area contributed by atoms with Gasteiger partial charge < -0.3 is 5.32 Å². The Labute approximate surface area is 119 Å². The number of nitrogens with one attached hydrogen (secondary N) is 1. The van der Waals surface area contributed by atoms with Crippen molar-refractivity contribution < 1.29 is 8.42 Å². The second-order valence-electron chi connectivity index (χ2n) is 5.25. The lowest BCUT2D eigenvalue weighted by atomic mass is 10.1. The fraction of sp³-hybridized carbons (Fsp3) is 0.400. The third kappa shape index (κ3) is 2.69. The summed E-state index contributed by atoms with van der Waals surface area (Å²) in [6.45, 7) is 1.19. The number of hydrogen-bond donors (Lipinski definition) is 1. The minimum absolute atomic E-state index is 0.217. The highest BCUT2D eigenvalue weighted by molar-refractivity contribution is 7.92. The number of pyridine rings is 1. The monoisotopic (exact) mass is 290 g/mol. The summed E-state index contributed by atoms with van der Waals surface area (Å²) in [4.78, 5) is 4.40. The highest BCUT2D eigenvalue weighted by Crippen LogP contribution is 2.20. The fourth-order valence-corrected chi connectivity index (χ4v) is 4.57.